The highest BCUT2D eigenvalue weighted by Crippen LogP contribution is 2.19. The number of pyridine rings is 1. The van der Waals surface area contributed by atoms with Crippen LogP contribution in [0.4, 0.5) is 5.13 Å². The van der Waals surface area contributed by atoms with Crippen molar-refractivity contribution < 1.29 is 0 Å². The van der Waals surface area contributed by atoms with Crippen LogP contribution in [-0.4, -0.2) is 46.9 Å². The summed E-state index contributed by atoms with van der Waals surface area (Å²) in [5.41, 5.74) is 7.18. The molecule has 3 rings (SSSR count). The smallest absolute Gasteiger partial charge is 0.185 e. The summed E-state index contributed by atoms with van der Waals surface area (Å²) in [6, 6.07) is 3.88. The van der Waals surface area contributed by atoms with Crippen molar-refractivity contribution in [3.05, 3.63) is 41.2 Å². The molecule has 3 N–H and O–H groups in total. The second-order valence-corrected chi connectivity index (χ2v) is 5.91. The van der Waals surface area contributed by atoms with Gasteiger partial charge in [-0.15, -0.1) is 11.3 Å². The lowest BCUT2D eigenvalue weighted by atomic mass is 10.2. The van der Waals surface area contributed by atoms with Gasteiger partial charge in [0.15, 0.2) is 5.13 Å². The third kappa shape index (κ3) is 3.37. The van der Waals surface area contributed by atoms with Crippen LogP contribution in [-0.2, 0) is 6.54 Å². The van der Waals surface area contributed by atoms with E-state index < -0.39 is 0 Å². The molecular weight excluding hydrogens is 284 g/mol. The molecule has 6 nitrogen and oxygen atoms in total. The van der Waals surface area contributed by atoms with E-state index in [4.69, 9.17) is 11.1 Å². The molecule has 1 aliphatic rings. The molecule has 0 unspecified atom stereocenters. The van der Waals surface area contributed by atoms with Gasteiger partial charge in [0.2, 0.25) is 0 Å². The summed E-state index contributed by atoms with van der Waals surface area (Å²) in [6.07, 6.45) is 3.57. The van der Waals surface area contributed by atoms with Gasteiger partial charge in [0.1, 0.15) is 11.5 Å². The Morgan fingerprint density at radius 1 is 1.24 bits per heavy atom. The molecule has 0 aromatic carbocycles. The number of amidine groups is 1. The van der Waals surface area contributed by atoms with Gasteiger partial charge in [-0.25, -0.2) is 4.98 Å². The van der Waals surface area contributed by atoms with Crippen LogP contribution in [0.2, 0.25) is 0 Å². The number of piperazine rings is 1. The van der Waals surface area contributed by atoms with E-state index in [0.717, 1.165) is 43.4 Å². The quantitative estimate of drug-likeness (QED) is 0.654. The summed E-state index contributed by atoms with van der Waals surface area (Å²) in [5.74, 6) is 0.0189. The van der Waals surface area contributed by atoms with Crippen LogP contribution in [0.25, 0.3) is 0 Å². The molecule has 2 aromatic heterocycles. The summed E-state index contributed by atoms with van der Waals surface area (Å²) in [5, 5.41) is 10.6. The van der Waals surface area contributed by atoms with E-state index in [0.29, 0.717) is 5.69 Å². The number of nitrogens with zero attached hydrogens (tertiary/aromatic N) is 4. The van der Waals surface area contributed by atoms with Crippen molar-refractivity contribution in [1.29, 1.82) is 5.41 Å². The van der Waals surface area contributed by atoms with Crippen LogP contribution in [0.1, 0.15) is 11.3 Å². The third-order valence-corrected chi connectivity index (χ3v) is 4.40. The van der Waals surface area contributed by atoms with Gasteiger partial charge >= 0.3 is 0 Å². The maximum atomic E-state index is 7.45. The summed E-state index contributed by atoms with van der Waals surface area (Å²) in [4.78, 5) is 13.2. The highest BCUT2D eigenvalue weighted by Gasteiger charge is 2.18. The largest absolute Gasteiger partial charge is 0.382 e. The van der Waals surface area contributed by atoms with Gasteiger partial charge in [-0.1, -0.05) is 0 Å². The first-order valence-corrected chi connectivity index (χ1v) is 7.76. The number of nitrogens with two attached hydrogens (primary N) is 1. The van der Waals surface area contributed by atoms with Gasteiger partial charge in [0.05, 0.1) is 0 Å². The molecule has 110 valence electrons. The fraction of sp³-hybridized carbons (Fsp3) is 0.357. The molecule has 21 heavy (non-hydrogen) atoms. The van der Waals surface area contributed by atoms with Crippen molar-refractivity contribution in [2.75, 3.05) is 31.1 Å². The Hall–Kier alpha value is -1.99. The Morgan fingerprint density at radius 3 is 2.71 bits per heavy atom. The van der Waals surface area contributed by atoms with E-state index in [-0.39, 0.29) is 5.84 Å². The van der Waals surface area contributed by atoms with Crippen molar-refractivity contribution in [3.8, 4) is 0 Å². The van der Waals surface area contributed by atoms with E-state index >= 15 is 0 Å². The van der Waals surface area contributed by atoms with Crippen LogP contribution >= 0.6 is 11.3 Å². The van der Waals surface area contributed by atoms with E-state index in [1.54, 1.807) is 17.5 Å². The number of nitrogens with one attached hydrogen (secondary N) is 1. The number of hydrogen-bond donors (Lipinski definition) is 2. The van der Waals surface area contributed by atoms with E-state index in [2.05, 4.69) is 19.8 Å². The first-order chi connectivity index (χ1) is 10.2. The molecule has 7 heteroatoms. The van der Waals surface area contributed by atoms with Crippen LogP contribution in [0.3, 0.4) is 0 Å². The Kier molecular flexibility index (Phi) is 4.12. The van der Waals surface area contributed by atoms with E-state index in [1.165, 1.54) is 0 Å². The lowest BCUT2D eigenvalue weighted by Gasteiger charge is -2.34. The van der Waals surface area contributed by atoms with Crippen LogP contribution in [0.5, 0.6) is 0 Å². The van der Waals surface area contributed by atoms with Crippen molar-refractivity contribution in [1.82, 2.24) is 14.9 Å². The molecule has 0 amide bonds. The zero-order chi connectivity index (χ0) is 14.7. The minimum atomic E-state index is 0.0189. The topological polar surface area (TPSA) is 82.1 Å². The van der Waals surface area contributed by atoms with Gasteiger partial charge in [0, 0.05) is 50.5 Å². The molecule has 0 spiro atoms. The molecule has 1 saturated heterocycles. The second-order valence-electron chi connectivity index (χ2n) is 5.04. The van der Waals surface area contributed by atoms with Gasteiger partial charge in [-0.3, -0.25) is 15.3 Å². The highest BCUT2D eigenvalue weighted by atomic mass is 32.1. The average molecular weight is 302 g/mol. The van der Waals surface area contributed by atoms with Crippen molar-refractivity contribution in [2.24, 2.45) is 5.73 Å². The van der Waals surface area contributed by atoms with Crippen molar-refractivity contribution in [3.63, 3.8) is 0 Å². The number of anilines is 1. The van der Waals surface area contributed by atoms with Crippen LogP contribution < -0.4 is 10.6 Å². The SMILES string of the molecule is N=C(N)c1cc(CN2CCN(c3nccs3)CC2)ccn1. The summed E-state index contributed by atoms with van der Waals surface area (Å²) in [6.45, 7) is 4.89. The highest BCUT2D eigenvalue weighted by molar-refractivity contribution is 7.13. The Morgan fingerprint density at radius 2 is 2.05 bits per heavy atom. The lowest BCUT2D eigenvalue weighted by Crippen LogP contribution is -2.45. The fourth-order valence-electron chi connectivity index (χ4n) is 2.45. The monoisotopic (exact) mass is 302 g/mol. The van der Waals surface area contributed by atoms with Gasteiger partial charge < -0.3 is 10.6 Å². The first kappa shape index (κ1) is 14.0. The lowest BCUT2D eigenvalue weighted by molar-refractivity contribution is 0.249. The maximum Gasteiger partial charge on any atom is 0.185 e. The van der Waals surface area contributed by atoms with Crippen LogP contribution in [0, 0.1) is 5.41 Å². The fourth-order valence-corrected chi connectivity index (χ4v) is 3.14. The second kappa shape index (κ2) is 6.19. The van der Waals surface area contributed by atoms with E-state index in [1.807, 2.05) is 23.7 Å². The molecule has 0 aliphatic carbocycles. The van der Waals surface area contributed by atoms with Crippen molar-refractivity contribution >= 4 is 22.3 Å². The maximum absolute atomic E-state index is 7.45. The molecule has 0 bridgehead atoms. The molecule has 3 heterocycles. The minimum absolute atomic E-state index is 0.0189. The standard InChI is InChI=1S/C14H18N6S/c15-13(16)12-9-11(1-2-17-12)10-19-4-6-20(7-5-19)14-18-3-8-21-14/h1-3,8-9H,4-7,10H2,(H3,15,16). The number of rotatable bonds is 4. The summed E-state index contributed by atoms with van der Waals surface area (Å²) >= 11 is 1.69. The third-order valence-electron chi connectivity index (χ3n) is 3.57. The van der Waals surface area contributed by atoms with Gasteiger partial charge in [-0.05, 0) is 17.7 Å². The van der Waals surface area contributed by atoms with Crippen molar-refractivity contribution in [2.45, 2.75) is 6.54 Å². The summed E-state index contributed by atoms with van der Waals surface area (Å²) in [7, 11) is 0. The van der Waals surface area contributed by atoms with Crippen LogP contribution in [0.15, 0.2) is 29.9 Å². The normalized spacial score (nSPS) is 16.1. The Labute approximate surface area is 127 Å². The van der Waals surface area contributed by atoms with Gasteiger partial charge in [0.25, 0.3) is 0 Å². The molecule has 0 atom stereocenters. The molecule has 0 saturated carbocycles. The predicted octanol–water partition coefficient (Wildman–Crippen LogP) is 1.14. The minimum Gasteiger partial charge on any atom is -0.382 e. The number of aromatic nitrogens is 2. The zero-order valence-electron chi connectivity index (χ0n) is 11.7. The molecule has 1 aliphatic heterocycles. The number of nitrogen functional groups attached to an aromatic ring is 1. The molecular formula is C14H18N6S. The summed E-state index contributed by atoms with van der Waals surface area (Å²) < 4.78 is 0. The first-order valence-electron chi connectivity index (χ1n) is 6.88. The zero-order valence-corrected chi connectivity index (χ0v) is 12.5. The number of thiazole rings is 1. The molecule has 2 aromatic rings. The average Bonchev–Trinajstić information content (AvgIpc) is 3.02. The molecule has 1 fully saturated rings. The predicted molar refractivity (Wildman–Crippen MR) is 84.9 cm³/mol. The molecule has 0 radical (unpaired) electrons. The Bertz CT molecular complexity index is 604. The van der Waals surface area contributed by atoms with Gasteiger partial charge in [-0.2, -0.15) is 0 Å². The number of hydrogen-bond acceptors (Lipinski definition) is 6. The Balaban J connectivity index is 1.58. The van der Waals surface area contributed by atoms with E-state index in [9.17, 15) is 0 Å².